The number of sulfonamides is 1. The van der Waals surface area contributed by atoms with E-state index in [0.717, 1.165) is 28.3 Å². The van der Waals surface area contributed by atoms with Gasteiger partial charge in [-0.3, -0.25) is 13.9 Å². The second kappa shape index (κ2) is 11.1. The third kappa shape index (κ3) is 7.33. The van der Waals surface area contributed by atoms with Gasteiger partial charge in [-0.1, -0.05) is 30.3 Å². The Balaban J connectivity index is 2.29. The summed E-state index contributed by atoms with van der Waals surface area (Å²) >= 11 is 0. The number of halogens is 1. The molecule has 0 spiro atoms. The number of hydrogen-bond acceptors (Lipinski definition) is 4. The first-order chi connectivity index (χ1) is 15.0. The summed E-state index contributed by atoms with van der Waals surface area (Å²) in [6.45, 7) is 4.99. The predicted molar refractivity (Wildman–Crippen MR) is 123 cm³/mol. The quantitative estimate of drug-likeness (QED) is 0.587. The van der Waals surface area contributed by atoms with Crippen LogP contribution in [0.4, 0.5) is 10.1 Å². The largest absolute Gasteiger partial charge is 0.352 e. The van der Waals surface area contributed by atoms with Crippen LogP contribution in [0.1, 0.15) is 26.3 Å². The van der Waals surface area contributed by atoms with Crippen LogP contribution < -0.4 is 9.62 Å². The lowest BCUT2D eigenvalue weighted by molar-refractivity contribution is -0.139. The lowest BCUT2D eigenvalue weighted by Gasteiger charge is -2.31. The van der Waals surface area contributed by atoms with Gasteiger partial charge in [0.25, 0.3) is 0 Å². The SMILES string of the molecule is CC(C)NC(=O)[C@@H](C)N(CCc1ccccc1)C(=O)CN(c1ccc(F)cc1)S(C)(=O)=O. The van der Waals surface area contributed by atoms with Gasteiger partial charge in [0.05, 0.1) is 11.9 Å². The number of amides is 2. The van der Waals surface area contributed by atoms with E-state index in [-0.39, 0.29) is 24.2 Å². The maximum absolute atomic E-state index is 13.3. The topological polar surface area (TPSA) is 86.8 Å². The van der Waals surface area contributed by atoms with Crippen molar-refractivity contribution in [1.82, 2.24) is 10.2 Å². The van der Waals surface area contributed by atoms with Crippen LogP contribution in [0.15, 0.2) is 54.6 Å². The molecule has 2 aromatic carbocycles. The van der Waals surface area contributed by atoms with Crippen molar-refractivity contribution in [3.63, 3.8) is 0 Å². The highest BCUT2D eigenvalue weighted by molar-refractivity contribution is 7.92. The highest BCUT2D eigenvalue weighted by atomic mass is 32.2. The Morgan fingerprint density at radius 2 is 1.59 bits per heavy atom. The average molecular weight is 464 g/mol. The zero-order valence-electron chi connectivity index (χ0n) is 18.8. The van der Waals surface area contributed by atoms with Gasteiger partial charge in [0, 0.05) is 12.6 Å². The first kappa shape index (κ1) is 25.3. The van der Waals surface area contributed by atoms with Crippen molar-refractivity contribution in [2.45, 2.75) is 39.3 Å². The van der Waals surface area contributed by atoms with Crippen molar-refractivity contribution in [3.05, 3.63) is 66.0 Å². The second-order valence-corrected chi connectivity index (χ2v) is 9.81. The minimum absolute atomic E-state index is 0.109. The summed E-state index contributed by atoms with van der Waals surface area (Å²) in [5.41, 5.74) is 1.16. The molecule has 9 heteroatoms. The second-order valence-electron chi connectivity index (χ2n) is 7.91. The number of rotatable bonds is 10. The van der Waals surface area contributed by atoms with Gasteiger partial charge in [-0.15, -0.1) is 0 Å². The van der Waals surface area contributed by atoms with E-state index in [9.17, 15) is 22.4 Å². The van der Waals surface area contributed by atoms with Crippen LogP contribution in [-0.2, 0) is 26.0 Å². The van der Waals surface area contributed by atoms with Gasteiger partial charge in [0.1, 0.15) is 18.4 Å². The number of carbonyl (C=O) groups is 2. The van der Waals surface area contributed by atoms with E-state index in [2.05, 4.69) is 5.32 Å². The van der Waals surface area contributed by atoms with Crippen molar-refractivity contribution in [2.24, 2.45) is 0 Å². The Kier molecular flexibility index (Phi) is 8.77. The Bertz CT molecular complexity index is 1010. The molecule has 0 aromatic heterocycles. The number of benzene rings is 2. The van der Waals surface area contributed by atoms with Crippen LogP contribution >= 0.6 is 0 Å². The third-order valence-corrected chi connectivity index (χ3v) is 6.02. The molecule has 0 saturated heterocycles. The van der Waals surface area contributed by atoms with Gasteiger partial charge in [-0.05, 0) is 57.0 Å². The van der Waals surface area contributed by atoms with E-state index in [4.69, 9.17) is 0 Å². The Hall–Kier alpha value is -2.94. The fourth-order valence-electron chi connectivity index (χ4n) is 3.20. The zero-order chi connectivity index (χ0) is 23.9. The van der Waals surface area contributed by atoms with Crippen molar-refractivity contribution >= 4 is 27.5 Å². The molecule has 0 bridgehead atoms. The lowest BCUT2D eigenvalue weighted by atomic mass is 10.1. The first-order valence-electron chi connectivity index (χ1n) is 10.4. The lowest BCUT2D eigenvalue weighted by Crippen LogP contribution is -2.53. The average Bonchev–Trinajstić information content (AvgIpc) is 2.72. The van der Waals surface area contributed by atoms with Crippen molar-refractivity contribution in [1.29, 1.82) is 0 Å². The molecule has 32 heavy (non-hydrogen) atoms. The molecule has 0 aliphatic rings. The fourth-order valence-corrected chi connectivity index (χ4v) is 4.05. The molecule has 0 aliphatic carbocycles. The highest BCUT2D eigenvalue weighted by Crippen LogP contribution is 2.19. The summed E-state index contributed by atoms with van der Waals surface area (Å²) in [5, 5.41) is 2.79. The van der Waals surface area contributed by atoms with Gasteiger partial charge >= 0.3 is 0 Å². The molecule has 1 N–H and O–H groups in total. The first-order valence-corrected chi connectivity index (χ1v) is 12.2. The standard InChI is InChI=1S/C23H30FN3O4S/c1-17(2)25-23(29)18(3)26(15-14-19-8-6-5-7-9-19)22(28)16-27(32(4,30)31)21-12-10-20(24)11-13-21/h5-13,17-18H,14-16H2,1-4H3,(H,25,29)/t18-/m1/s1. The van der Waals surface area contributed by atoms with Crippen LogP contribution in [0.25, 0.3) is 0 Å². The molecule has 1 atom stereocenters. The van der Waals surface area contributed by atoms with E-state index >= 15 is 0 Å². The molecule has 7 nitrogen and oxygen atoms in total. The molecule has 0 saturated carbocycles. The van der Waals surface area contributed by atoms with E-state index < -0.39 is 34.3 Å². The zero-order valence-corrected chi connectivity index (χ0v) is 19.6. The summed E-state index contributed by atoms with van der Waals surface area (Å²) in [6.07, 6.45) is 1.48. The number of nitrogens with one attached hydrogen (secondary N) is 1. The smallest absolute Gasteiger partial charge is 0.244 e. The molecular weight excluding hydrogens is 433 g/mol. The molecule has 2 rings (SSSR count). The van der Waals surface area contributed by atoms with Gasteiger partial charge in [-0.25, -0.2) is 12.8 Å². The fraction of sp³-hybridized carbons (Fsp3) is 0.391. The van der Waals surface area contributed by atoms with E-state index in [0.29, 0.717) is 6.42 Å². The predicted octanol–water partition coefficient (Wildman–Crippen LogP) is 2.58. The monoisotopic (exact) mass is 463 g/mol. The maximum Gasteiger partial charge on any atom is 0.244 e. The summed E-state index contributed by atoms with van der Waals surface area (Å²) in [7, 11) is -3.83. The summed E-state index contributed by atoms with van der Waals surface area (Å²) in [4.78, 5) is 27.3. The Morgan fingerprint density at radius 1 is 1.00 bits per heavy atom. The summed E-state index contributed by atoms with van der Waals surface area (Å²) in [6, 6.07) is 13.4. The molecule has 2 aromatic rings. The molecular formula is C23H30FN3O4S. The van der Waals surface area contributed by atoms with Gasteiger partial charge in [-0.2, -0.15) is 0 Å². The normalized spacial score (nSPS) is 12.3. The molecule has 0 heterocycles. The molecule has 2 amide bonds. The Labute approximate surface area is 189 Å². The van der Waals surface area contributed by atoms with Crippen molar-refractivity contribution in [3.8, 4) is 0 Å². The van der Waals surface area contributed by atoms with Crippen LogP contribution in [0.3, 0.4) is 0 Å². The van der Waals surface area contributed by atoms with Crippen molar-refractivity contribution < 1.29 is 22.4 Å². The maximum atomic E-state index is 13.3. The highest BCUT2D eigenvalue weighted by Gasteiger charge is 2.29. The number of nitrogens with zero attached hydrogens (tertiary/aromatic N) is 2. The minimum atomic E-state index is -3.83. The van der Waals surface area contributed by atoms with Crippen molar-refractivity contribution in [2.75, 3.05) is 23.7 Å². The number of hydrogen-bond donors (Lipinski definition) is 1. The third-order valence-electron chi connectivity index (χ3n) is 4.88. The van der Waals surface area contributed by atoms with E-state index in [1.165, 1.54) is 17.0 Å². The van der Waals surface area contributed by atoms with E-state index in [1.54, 1.807) is 6.92 Å². The summed E-state index contributed by atoms with van der Waals surface area (Å²) < 4.78 is 39.0. The van der Waals surface area contributed by atoms with Gasteiger partial charge in [0.15, 0.2) is 0 Å². The minimum Gasteiger partial charge on any atom is -0.352 e. The van der Waals surface area contributed by atoms with Crippen LogP contribution in [0.5, 0.6) is 0 Å². The Morgan fingerprint density at radius 3 is 2.12 bits per heavy atom. The van der Waals surface area contributed by atoms with Crippen LogP contribution in [-0.4, -0.2) is 56.6 Å². The van der Waals surface area contributed by atoms with E-state index in [1.807, 2.05) is 44.2 Å². The van der Waals surface area contributed by atoms with Gasteiger partial charge < -0.3 is 10.2 Å². The number of carbonyl (C=O) groups excluding carboxylic acids is 2. The molecule has 0 fully saturated rings. The molecule has 0 radical (unpaired) electrons. The number of anilines is 1. The molecule has 0 unspecified atom stereocenters. The van der Waals surface area contributed by atoms with Crippen LogP contribution in [0.2, 0.25) is 0 Å². The van der Waals surface area contributed by atoms with Crippen LogP contribution in [0, 0.1) is 5.82 Å². The summed E-state index contributed by atoms with van der Waals surface area (Å²) in [5.74, 6) is -1.37. The molecule has 174 valence electrons. The van der Waals surface area contributed by atoms with Gasteiger partial charge in [0.2, 0.25) is 21.8 Å². The molecule has 0 aliphatic heterocycles.